The van der Waals surface area contributed by atoms with Gasteiger partial charge < -0.3 is 16.0 Å². The summed E-state index contributed by atoms with van der Waals surface area (Å²) in [7, 11) is 0. The molecule has 28 heavy (non-hydrogen) atoms. The minimum atomic E-state index is -0.510. The predicted molar refractivity (Wildman–Crippen MR) is 113 cm³/mol. The van der Waals surface area contributed by atoms with Crippen LogP contribution in [-0.4, -0.2) is 49.6 Å². The average molecular weight is 425 g/mol. The Balaban J connectivity index is 0.00000280. The minimum absolute atomic E-state index is 0. The number of nitrogens with zero attached hydrogens (tertiary/aromatic N) is 3. The molecule has 1 saturated heterocycles. The first-order valence-corrected chi connectivity index (χ1v) is 9.86. The number of carbonyl (C=O) groups is 2. The third kappa shape index (κ3) is 4.84. The van der Waals surface area contributed by atoms with Crippen molar-refractivity contribution >= 4 is 41.7 Å². The van der Waals surface area contributed by atoms with Crippen molar-refractivity contribution in [3.05, 3.63) is 30.1 Å². The van der Waals surface area contributed by atoms with Crippen molar-refractivity contribution in [1.29, 1.82) is 0 Å². The molecule has 3 rings (SSSR count). The highest BCUT2D eigenvalue weighted by atomic mass is 35.5. The molecular weight excluding hydrogens is 400 g/mol. The number of aromatic amines is 1. The zero-order valence-electron chi connectivity index (χ0n) is 16.1. The molecule has 0 aliphatic carbocycles. The van der Waals surface area contributed by atoms with Crippen LogP contribution in [0.25, 0.3) is 11.4 Å². The summed E-state index contributed by atoms with van der Waals surface area (Å²) in [6.45, 7) is 5.89. The third-order valence-electron chi connectivity index (χ3n) is 4.22. The molecule has 4 N–H and O–H groups in total. The zero-order valence-corrected chi connectivity index (χ0v) is 17.7. The molecule has 0 saturated carbocycles. The smallest absolute Gasteiger partial charge is 0.248 e. The van der Waals surface area contributed by atoms with Crippen molar-refractivity contribution in [3.63, 3.8) is 0 Å². The molecule has 2 heterocycles. The molecule has 1 unspecified atom stereocenters. The fourth-order valence-electron chi connectivity index (χ4n) is 2.73. The van der Waals surface area contributed by atoms with Crippen molar-refractivity contribution in [2.75, 3.05) is 16.9 Å². The Kier molecular flexibility index (Phi) is 7.08. The third-order valence-corrected chi connectivity index (χ3v) is 5.24. The molecule has 2 aromatic rings. The van der Waals surface area contributed by atoms with E-state index in [1.54, 1.807) is 28.8 Å². The summed E-state index contributed by atoms with van der Waals surface area (Å²) in [5.41, 5.74) is 6.51. The molecule has 1 fully saturated rings. The minimum Gasteiger partial charge on any atom is -0.324 e. The van der Waals surface area contributed by atoms with E-state index in [1.165, 1.54) is 0 Å². The lowest BCUT2D eigenvalue weighted by Gasteiger charge is -2.29. The number of benzene rings is 1. The lowest BCUT2D eigenvalue weighted by Crippen LogP contribution is -2.48. The van der Waals surface area contributed by atoms with Crippen LogP contribution in [0.5, 0.6) is 0 Å². The van der Waals surface area contributed by atoms with E-state index >= 15 is 0 Å². The molecule has 1 aliphatic rings. The summed E-state index contributed by atoms with van der Waals surface area (Å²) in [6, 6.07) is 6.80. The van der Waals surface area contributed by atoms with Crippen LogP contribution in [0.1, 0.15) is 26.6 Å². The number of carbonyl (C=O) groups excluding carboxylic acids is 2. The first kappa shape index (κ1) is 22.2. The van der Waals surface area contributed by atoms with Crippen molar-refractivity contribution in [2.45, 2.75) is 33.4 Å². The predicted octanol–water partition coefficient (Wildman–Crippen LogP) is 2.24. The van der Waals surface area contributed by atoms with Gasteiger partial charge in [-0.05, 0) is 24.3 Å². The van der Waals surface area contributed by atoms with Gasteiger partial charge in [-0.2, -0.15) is 5.10 Å². The number of anilines is 1. The van der Waals surface area contributed by atoms with Crippen molar-refractivity contribution in [1.82, 2.24) is 20.1 Å². The van der Waals surface area contributed by atoms with Crippen LogP contribution >= 0.6 is 24.2 Å². The lowest BCUT2D eigenvalue weighted by atomic mass is 9.94. The van der Waals surface area contributed by atoms with E-state index in [9.17, 15) is 9.59 Å². The van der Waals surface area contributed by atoms with E-state index in [0.717, 1.165) is 5.56 Å². The molecule has 10 heteroatoms. The quantitative estimate of drug-likeness (QED) is 0.692. The molecule has 1 aromatic heterocycles. The summed E-state index contributed by atoms with van der Waals surface area (Å²) in [4.78, 5) is 31.2. The van der Waals surface area contributed by atoms with Gasteiger partial charge in [-0.15, -0.1) is 24.2 Å². The Morgan fingerprint density at radius 2 is 2.00 bits per heavy atom. The van der Waals surface area contributed by atoms with Crippen LogP contribution in [0.15, 0.2) is 24.3 Å². The molecule has 1 aromatic carbocycles. The highest BCUT2D eigenvalue weighted by molar-refractivity contribution is 7.99. The van der Waals surface area contributed by atoms with E-state index in [2.05, 4.69) is 20.5 Å². The Hall–Kier alpha value is -2.10. The lowest BCUT2D eigenvalue weighted by molar-refractivity contribution is -0.143. The summed E-state index contributed by atoms with van der Waals surface area (Å²) in [5, 5.41) is 9.78. The standard InChI is InChI=1S/C18H24N6O2S.ClH/c1-18(2,3)17(26)24-10-27-9-13(24)16(25)20-12-6-4-11(5-7-12)15-21-14(8-19)22-23-15;/h4-7,13H,8-10,19H2,1-3H3,(H,20,25)(H,21,22,23);1H. The normalized spacial score (nSPS) is 16.6. The molecule has 8 nitrogen and oxygen atoms in total. The molecule has 0 radical (unpaired) electrons. The molecule has 152 valence electrons. The number of nitrogens with one attached hydrogen (secondary N) is 2. The van der Waals surface area contributed by atoms with Crippen LogP contribution in [0.2, 0.25) is 0 Å². The molecule has 0 bridgehead atoms. The molecule has 1 aliphatic heterocycles. The topological polar surface area (TPSA) is 117 Å². The highest BCUT2D eigenvalue weighted by Gasteiger charge is 2.39. The van der Waals surface area contributed by atoms with E-state index in [1.807, 2.05) is 32.9 Å². The van der Waals surface area contributed by atoms with Crippen molar-refractivity contribution in [3.8, 4) is 11.4 Å². The maximum absolute atomic E-state index is 12.7. The maximum Gasteiger partial charge on any atom is 0.248 e. The van der Waals surface area contributed by atoms with Gasteiger partial charge >= 0.3 is 0 Å². The molecule has 2 amide bonds. The zero-order chi connectivity index (χ0) is 19.6. The van der Waals surface area contributed by atoms with Gasteiger partial charge in [0.15, 0.2) is 5.82 Å². The van der Waals surface area contributed by atoms with Crippen LogP contribution < -0.4 is 11.1 Å². The van der Waals surface area contributed by atoms with Crippen LogP contribution in [-0.2, 0) is 16.1 Å². The first-order valence-electron chi connectivity index (χ1n) is 8.71. The van der Waals surface area contributed by atoms with E-state index in [4.69, 9.17) is 5.73 Å². The van der Waals surface area contributed by atoms with Crippen LogP contribution in [0.3, 0.4) is 0 Å². The highest BCUT2D eigenvalue weighted by Crippen LogP contribution is 2.28. The average Bonchev–Trinajstić information content (AvgIpc) is 3.30. The Labute approximate surface area is 174 Å². The second kappa shape index (κ2) is 8.93. The Morgan fingerprint density at radius 3 is 2.57 bits per heavy atom. The fourth-order valence-corrected chi connectivity index (χ4v) is 3.89. The monoisotopic (exact) mass is 424 g/mol. The second-order valence-corrected chi connectivity index (χ2v) is 8.42. The first-order chi connectivity index (χ1) is 12.8. The summed E-state index contributed by atoms with van der Waals surface area (Å²) in [6.07, 6.45) is 0. The Bertz CT molecular complexity index is 833. The number of nitrogens with two attached hydrogens (primary N) is 1. The number of thioether (sulfide) groups is 1. The van der Waals surface area contributed by atoms with Gasteiger partial charge in [-0.3, -0.25) is 14.7 Å². The van der Waals surface area contributed by atoms with Crippen LogP contribution in [0, 0.1) is 5.41 Å². The number of hydrogen-bond donors (Lipinski definition) is 3. The van der Waals surface area contributed by atoms with E-state index < -0.39 is 11.5 Å². The number of H-pyrrole nitrogens is 1. The molecular formula is C18H25ClN6O2S. The largest absolute Gasteiger partial charge is 0.324 e. The van der Waals surface area contributed by atoms with Gasteiger partial charge in [-0.1, -0.05) is 20.8 Å². The van der Waals surface area contributed by atoms with Gasteiger partial charge in [0, 0.05) is 22.4 Å². The number of hydrogen-bond acceptors (Lipinski definition) is 6. The van der Waals surface area contributed by atoms with Gasteiger partial charge in [0.25, 0.3) is 0 Å². The van der Waals surface area contributed by atoms with E-state index in [-0.39, 0.29) is 24.2 Å². The molecule has 1 atom stereocenters. The van der Waals surface area contributed by atoms with Gasteiger partial charge in [0.05, 0.1) is 12.4 Å². The number of halogens is 1. The summed E-state index contributed by atoms with van der Waals surface area (Å²) < 4.78 is 0. The number of aromatic nitrogens is 3. The van der Waals surface area contributed by atoms with Gasteiger partial charge in [0.2, 0.25) is 11.8 Å². The second-order valence-electron chi connectivity index (χ2n) is 7.42. The summed E-state index contributed by atoms with van der Waals surface area (Å²) >= 11 is 1.59. The molecule has 0 spiro atoms. The van der Waals surface area contributed by atoms with Gasteiger partial charge in [0.1, 0.15) is 11.9 Å². The van der Waals surface area contributed by atoms with E-state index in [0.29, 0.717) is 35.5 Å². The van der Waals surface area contributed by atoms with Gasteiger partial charge in [-0.25, -0.2) is 4.98 Å². The number of amides is 2. The van der Waals surface area contributed by atoms with Crippen molar-refractivity contribution < 1.29 is 9.59 Å². The SMILES string of the molecule is CC(C)(C)C(=O)N1CSCC1C(=O)Nc1ccc(-c2n[nH]c(CN)n2)cc1.Cl. The van der Waals surface area contributed by atoms with Crippen LogP contribution in [0.4, 0.5) is 5.69 Å². The summed E-state index contributed by atoms with van der Waals surface area (Å²) in [5.74, 6) is 2.14. The maximum atomic E-state index is 12.7. The number of rotatable bonds is 4. The fraction of sp³-hybridized carbons (Fsp3) is 0.444. The Morgan fingerprint density at radius 1 is 1.32 bits per heavy atom. The van der Waals surface area contributed by atoms with Crippen molar-refractivity contribution in [2.24, 2.45) is 11.1 Å².